The number of nitrogens with one attached hydrogen (secondary N) is 2. The Morgan fingerprint density at radius 2 is 2.41 bits per heavy atom. The fourth-order valence-electron chi connectivity index (χ4n) is 2.80. The van der Waals surface area contributed by atoms with Crippen molar-refractivity contribution in [2.24, 2.45) is 4.99 Å². The number of carbonyl (C=O) groups is 2. The summed E-state index contributed by atoms with van der Waals surface area (Å²) in [6.07, 6.45) is 3.22. The van der Waals surface area contributed by atoms with E-state index in [0.717, 1.165) is 24.4 Å². The predicted molar refractivity (Wildman–Crippen MR) is 79.9 cm³/mol. The zero-order valence-corrected chi connectivity index (χ0v) is 12.5. The first kappa shape index (κ1) is 14.8. The van der Waals surface area contributed by atoms with E-state index in [4.69, 9.17) is 4.74 Å². The lowest BCUT2D eigenvalue weighted by molar-refractivity contribution is -0.128. The molecule has 3 heterocycles. The molecule has 22 heavy (non-hydrogen) atoms. The molecule has 0 aromatic carbocycles. The highest BCUT2D eigenvalue weighted by atomic mass is 16.5. The Balaban J connectivity index is 1.45. The summed E-state index contributed by atoms with van der Waals surface area (Å²) < 4.78 is 5.36. The van der Waals surface area contributed by atoms with Gasteiger partial charge in [0.05, 0.1) is 30.9 Å². The summed E-state index contributed by atoms with van der Waals surface area (Å²) in [5, 5.41) is 5.99. The van der Waals surface area contributed by atoms with Crippen molar-refractivity contribution in [3.05, 3.63) is 11.4 Å². The number of rotatable bonds is 5. The lowest BCUT2D eigenvalue weighted by Gasteiger charge is -2.31. The highest BCUT2D eigenvalue weighted by Gasteiger charge is 2.23. The number of ether oxygens (including phenoxy) is 1. The molecule has 3 aliphatic heterocycles. The maximum atomic E-state index is 12.0. The van der Waals surface area contributed by atoms with Crippen LogP contribution in [0.5, 0.6) is 0 Å². The monoisotopic (exact) mass is 307 g/mol. The van der Waals surface area contributed by atoms with Gasteiger partial charge in [-0.05, 0) is 6.42 Å². The van der Waals surface area contributed by atoms with Crippen LogP contribution in [-0.4, -0.2) is 74.0 Å². The summed E-state index contributed by atoms with van der Waals surface area (Å²) in [5.41, 5.74) is 1.98. The maximum Gasteiger partial charge on any atom is 0.240 e. The van der Waals surface area contributed by atoms with E-state index in [1.807, 2.05) is 0 Å². The van der Waals surface area contributed by atoms with Crippen LogP contribution in [0.3, 0.4) is 0 Å². The molecule has 1 saturated heterocycles. The van der Waals surface area contributed by atoms with Crippen molar-refractivity contribution < 1.29 is 14.3 Å². The average Bonchev–Trinajstić information content (AvgIpc) is 2.93. The fraction of sp³-hybridized carbons (Fsp3) is 0.643. The molecule has 0 aliphatic carbocycles. The second kappa shape index (κ2) is 6.78. The number of hydrogen-bond donors (Lipinski definition) is 2. The molecule has 3 rings (SSSR count). The molecule has 0 radical (unpaired) electrons. The molecular formula is C14H21N5O3. The Hall–Kier alpha value is -2.09. The van der Waals surface area contributed by atoms with Crippen LogP contribution < -0.4 is 10.6 Å². The van der Waals surface area contributed by atoms with Crippen LogP contribution in [0.15, 0.2) is 16.4 Å². The first-order valence-electron chi connectivity index (χ1n) is 7.59. The Labute approximate surface area is 129 Å². The maximum absolute atomic E-state index is 12.0. The van der Waals surface area contributed by atoms with Gasteiger partial charge in [0.15, 0.2) is 0 Å². The van der Waals surface area contributed by atoms with Gasteiger partial charge >= 0.3 is 0 Å². The highest BCUT2D eigenvalue weighted by Crippen LogP contribution is 2.15. The van der Waals surface area contributed by atoms with Crippen LogP contribution >= 0.6 is 0 Å². The number of likely N-dealkylation sites (tertiary alicyclic amines) is 1. The van der Waals surface area contributed by atoms with E-state index in [0.29, 0.717) is 39.4 Å². The van der Waals surface area contributed by atoms with Crippen molar-refractivity contribution in [3.63, 3.8) is 0 Å². The van der Waals surface area contributed by atoms with Gasteiger partial charge in [0.2, 0.25) is 11.8 Å². The van der Waals surface area contributed by atoms with Gasteiger partial charge in [0, 0.05) is 26.1 Å². The van der Waals surface area contributed by atoms with Gasteiger partial charge in [-0.2, -0.15) is 0 Å². The number of carbonyl (C=O) groups excluding carboxylic acids is 2. The van der Waals surface area contributed by atoms with Gasteiger partial charge in [-0.3, -0.25) is 14.6 Å². The molecule has 8 nitrogen and oxygen atoms in total. The molecule has 120 valence electrons. The third-order valence-electron chi connectivity index (χ3n) is 3.98. The minimum atomic E-state index is -0.0857. The Morgan fingerprint density at radius 1 is 1.50 bits per heavy atom. The molecule has 2 amide bonds. The summed E-state index contributed by atoms with van der Waals surface area (Å²) in [7, 11) is 0. The predicted octanol–water partition coefficient (Wildman–Crippen LogP) is -1.14. The van der Waals surface area contributed by atoms with E-state index in [1.54, 1.807) is 16.1 Å². The van der Waals surface area contributed by atoms with Crippen LogP contribution in [0.4, 0.5) is 0 Å². The first-order valence-corrected chi connectivity index (χ1v) is 7.59. The van der Waals surface area contributed by atoms with E-state index in [2.05, 4.69) is 15.6 Å². The van der Waals surface area contributed by atoms with Gasteiger partial charge in [0.25, 0.3) is 0 Å². The summed E-state index contributed by atoms with van der Waals surface area (Å²) in [4.78, 5) is 31.4. The molecule has 0 spiro atoms. The Morgan fingerprint density at radius 3 is 3.23 bits per heavy atom. The minimum absolute atomic E-state index is 0.0857. The number of hydrogen-bond acceptors (Lipinski definition) is 6. The van der Waals surface area contributed by atoms with Crippen molar-refractivity contribution in [1.82, 2.24) is 20.4 Å². The van der Waals surface area contributed by atoms with E-state index in [-0.39, 0.29) is 18.4 Å². The summed E-state index contributed by atoms with van der Waals surface area (Å²) in [6.45, 7) is 3.65. The molecule has 8 heteroatoms. The van der Waals surface area contributed by atoms with Crippen LogP contribution in [0.1, 0.15) is 12.8 Å². The first-order chi connectivity index (χ1) is 10.7. The summed E-state index contributed by atoms with van der Waals surface area (Å²) in [6, 6.07) is 0. The van der Waals surface area contributed by atoms with Crippen LogP contribution in [0, 0.1) is 0 Å². The largest absolute Gasteiger partial charge is 0.363 e. The van der Waals surface area contributed by atoms with Gasteiger partial charge in [-0.25, -0.2) is 0 Å². The molecule has 1 fully saturated rings. The quantitative estimate of drug-likeness (QED) is 0.670. The van der Waals surface area contributed by atoms with E-state index in [9.17, 15) is 9.59 Å². The van der Waals surface area contributed by atoms with Crippen LogP contribution in [0.25, 0.3) is 0 Å². The third-order valence-corrected chi connectivity index (χ3v) is 3.98. The molecule has 0 bridgehead atoms. The molecular weight excluding hydrogens is 286 g/mol. The number of nitrogens with zero attached hydrogens (tertiary/aromatic N) is 3. The average molecular weight is 307 g/mol. The van der Waals surface area contributed by atoms with Crippen LogP contribution in [-0.2, 0) is 14.3 Å². The number of amides is 2. The molecule has 0 aromatic rings. The van der Waals surface area contributed by atoms with Gasteiger partial charge < -0.3 is 25.2 Å². The van der Waals surface area contributed by atoms with Gasteiger partial charge in [-0.1, -0.05) is 0 Å². The van der Waals surface area contributed by atoms with Crippen molar-refractivity contribution in [2.75, 3.05) is 46.1 Å². The van der Waals surface area contributed by atoms with Crippen molar-refractivity contribution in [3.8, 4) is 0 Å². The number of aliphatic imine (C=N–C) groups is 1. The topological polar surface area (TPSA) is 86.3 Å². The SMILES string of the molecule is O=C(CN1C=NCC2=C1COCN2)NCCN1CCCC1=O. The van der Waals surface area contributed by atoms with Gasteiger partial charge in [-0.15, -0.1) is 0 Å². The van der Waals surface area contributed by atoms with E-state index < -0.39 is 0 Å². The van der Waals surface area contributed by atoms with Gasteiger partial charge in [0.1, 0.15) is 13.3 Å². The normalized spacial score (nSPS) is 21.0. The van der Waals surface area contributed by atoms with Crippen molar-refractivity contribution in [2.45, 2.75) is 12.8 Å². The summed E-state index contributed by atoms with van der Waals surface area (Å²) in [5.74, 6) is 0.0926. The zero-order chi connectivity index (χ0) is 15.4. The lowest BCUT2D eigenvalue weighted by atomic mass is 10.2. The standard InChI is InChI=1S/C14H21N5O3/c20-13(16-3-5-18-4-1-2-14(18)21)7-19-9-15-6-11-12(19)8-22-10-17-11/h9,17H,1-8,10H2,(H,16,20). The Bertz CT molecular complexity index is 517. The second-order valence-corrected chi connectivity index (χ2v) is 5.51. The zero-order valence-electron chi connectivity index (χ0n) is 12.5. The Kier molecular flexibility index (Phi) is 4.57. The molecule has 0 saturated carbocycles. The summed E-state index contributed by atoms with van der Waals surface area (Å²) >= 11 is 0. The highest BCUT2D eigenvalue weighted by molar-refractivity contribution is 5.81. The fourth-order valence-corrected chi connectivity index (χ4v) is 2.80. The third kappa shape index (κ3) is 3.38. The minimum Gasteiger partial charge on any atom is -0.363 e. The lowest BCUT2D eigenvalue weighted by Crippen LogP contribution is -2.44. The van der Waals surface area contributed by atoms with Crippen molar-refractivity contribution >= 4 is 18.2 Å². The molecule has 0 aromatic heterocycles. The van der Waals surface area contributed by atoms with Crippen LogP contribution in [0.2, 0.25) is 0 Å². The van der Waals surface area contributed by atoms with Crippen molar-refractivity contribution in [1.29, 1.82) is 0 Å². The molecule has 0 atom stereocenters. The second-order valence-electron chi connectivity index (χ2n) is 5.51. The smallest absolute Gasteiger partial charge is 0.240 e. The molecule has 3 aliphatic rings. The van der Waals surface area contributed by atoms with E-state index >= 15 is 0 Å². The van der Waals surface area contributed by atoms with E-state index in [1.165, 1.54) is 0 Å². The molecule has 0 unspecified atom stereocenters. The molecule has 2 N–H and O–H groups in total.